The van der Waals surface area contributed by atoms with E-state index in [1.807, 2.05) is 6.07 Å². The van der Waals surface area contributed by atoms with Crippen LogP contribution in [-0.2, 0) is 11.3 Å². The minimum atomic E-state index is -0.331. The summed E-state index contributed by atoms with van der Waals surface area (Å²) in [6, 6.07) is 5.09. The molecule has 1 aromatic rings. The first-order valence-corrected chi connectivity index (χ1v) is 6.18. The van der Waals surface area contributed by atoms with Crippen molar-refractivity contribution in [2.45, 2.75) is 6.54 Å². The number of rotatable bonds is 2. The first-order valence-electron chi connectivity index (χ1n) is 5.39. The maximum Gasteiger partial charge on any atom is 0.130 e. The van der Waals surface area contributed by atoms with Crippen LogP contribution in [0.3, 0.4) is 0 Å². The Morgan fingerprint density at radius 1 is 1.41 bits per heavy atom. The van der Waals surface area contributed by atoms with Gasteiger partial charge < -0.3 is 4.74 Å². The van der Waals surface area contributed by atoms with Gasteiger partial charge in [0, 0.05) is 29.7 Å². The predicted molar refractivity (Wildman–Crippen MR) is 64.9 cm³/mol. The zero-order valence-electron chi connectivity index (χ0n) is 9.25. The van der Waals surface area contributed by atoms with E-state index >= 15 is 0 Å². The Bertz CT molecular complexity index is 453. The number of nitriles is 1. The molecule has 0 bridgehead atoms. The van der Waals surface area contributed by atoms with Gasteiger partial charge in [0.25, 0.3) is 0 Å². The van der Waals surface area contributed by atoms with E-state index in [1.165, 1.54) is 6.07 Å². The number of hydrogen-bond acceptors (Lipinski definition) is 3. The number of benzene rings is 1. The Labute approximate surface area is 108 Å². The fourth-order valence-electron chi connectivity index (χ4n) is 1.85. The molecule has 0 radical (unpaired) electrons. The molecule has 0 atom stereocenters. The van der Waals surface area contributed by atoms with Gasteiger partial charge in [0.15, 0.2) is 0 Å². The second kappa shape index (κ2) is 5.58. The van der Waals surface area contributed by atoms with Crippen LogP contribution in [0.25, 0.3) is 0 Å². The van der Waals surface area contributed by atoms with Gasteiger partial charge in [-0.15, -0.1) is 0 Å². The second-order valence-corrected chi connectivity index (χ2v) is 4.83. The molecule has 0 aliphatic carbocycles. The standard InChI is InChI=1S/C12H12BrFN2O/c13-10-5-9(7-15)11(12(14)6-10)8-16-1-3-17-4-2-16/h5-6H,1-4,8H2. The van der Waals surface area contributed by atoms with Crippen molar-refractivity contribution in [1.82, 2.24) is 4.90 Å². The Morgan fingerprint density at radius 2 is 2.12 bits per heavy atom. The number of nitrogens with zero attached hydrogens (tertiary/aromatic N) is 2. The smallest absolute Gasteiger partial charge is 0.130 e. The summed E-state index contributed by atoms with van der Waals surface area (Å²) in [6.45, 7) is 3.35. The molecule has 0 saturated carbocycles. The van der Waals surface area contributed by atoms with Gasteiger partial charge >= 0.3 is 0 Å². The molecule has 90 valence electrons. The van der Waals surface area contributed by atoms with Crippen LogP contribution in [0.2, 0.25) is 0 Å². The molecular formula is C12H12BrFN2O. The average Bonchev–Trinajstić information content (AvgIpc) is 2.33. The highest BCUT2D eigenvalue weighted by molar-refractivity contribution is 9.10. The number of hydrogen-bond donors (Lipinski definition) is 0. The van der Waals surface area contributed by atoms with Gasteiger partial charge in [-0.1, -0.05) is 15.9 Å². The van der Waals surface area contributed by atoms with Gasteiger partial charge in [-0.3, -0.25) is 4.90 Å². The molecule has 1 heterocycles. The maximum atomic E-state index is 13.8. The Balaban J connectivity index is 2.22. The van der Waals surface area contributed by atoms with Crippen LogP contribution >= 0.6 is 15.9 Å². The summed E-state index contributed by atoms with van der Waals surface area (Å²) in [5, 5.41) is 9.02. The molecule has 2 rings (SSSR count). The summed E-state index contributed by atoms with van der Waals surface area (Å²) >= 11 is 3.19. The second-order valence-electron chi connectivity index (χ2n) is 3.91. The zero-order valence-corrected chi connectivity index (χ0v) is 10.8. The van der Waals surface area contributed by atoms with Crippen molar-refractivity contribution in [3.8, 4) is 6.07 Å². The molecule has 0 unspecified atom stereocenters. The lowest BCUT2D eigenvalue weighted by Crippen LogP contribution is -2.36. The van der Waals surface area contributed by atoms with Crippen LogP contribution in [0.5, 0.6) is 0 Å². The third-order valence-electron chi connectivity index (χ3n) is 2.77. The van der Waals surface area contributed by atoms with E-state index in [0.29, 0.717) is 35.4 Å². The van der Waals surface area contributed by atoms with E-state index in [4.69, 9.17) is 10.00 Å². The van der Waals surface area contributed by atoms with Crippen molar-refractivity contribution >= 4 is 15.9 Å². The molecule has 1 saturated heterocycles. The number of ether oxygens (including phenoxy) is 1. The highest BCUT2D eigenvalue weighted by atomic mass is 79.9. The molecule has 1 aromatic carbocycles. The average molecular weight is 299 g/mol. The lowest BCUT2D eigenvalue weighted by molar-refractivity contribution is 0.0337. The third-order valence-corrected chi connectivity index (χ3v) is 3.22. The summed E-state index contributed by atoms with van der Waals surface area (Å²) in [4.78, 5) is 2.09. The molecule has 0 spiro atoms. The van der Waals surface area contributed by atoms with Crippen LogP contribution in [0.15, 0.2) is 16.6 Å². The van der Waals surface area contributed by atoms with E-state index in [1.54, 1.807) is 6.07 Å². The monoisotopic (exact) mass is 298 g/mol. The highest BCUT2D eigenvalue weighted by Crippen LogP contribution is 2.21. The summed E-state index contributed by atoms with van der Waals surface area (Å²) in [7, 11) is 0. The van der Waals surface area contributed by atoms with Gasteiger partial charge in [0.2, 0.25) is 0 Å². The molecule has 3 nitrogen and oxygen atoms in total. The predicted octanol–water partition coefficient (Wildman–Crippen LogP) is 2.29. The van der Waals surface area contributed by atoms with Crippen LogP contribution in [0, 0.1) is 17.1 Å². The lowest BCUT2D eigenvalue weighted by Gasteiger charge is -2.27. The minimum absolute atomic E-state index is 0.331. The van der Waals surface area contributed by atoms with Crippen molar-refractivity contribution in [3.05, 3.63) is 33.5 Å². The third kappa shape index (κ3) is 3.03. The summed E-state index contributed by atoms with van der Waals surface area (Å²) in [5.74, 6) is -0.331. The first kappa shape index (κ1) is 12.5. The van der Waals surface area contributed by atoms with Crippen molar-refractivity contribution in [2.24, 2.45) is 0 Å². The SMILES string of the molecule is N#Cc1cc(Br)cc(F)c1CN1CCOCC1. The van der Waals surface area contributed by atoms with Crippen LogP contribution in [0.4, 0.5) is 4.39 Å². The maximum absolute atomic E-state index is 13.8. The van der Waals surface area contributed by atoms with Crippen molar-refractivity contribution < 1.29 is 9.13 Å². The Hall–Kier alpha value is -0.960. The van der Waals surface area contributed by atoms with Gasteiger partial charge in [0.05, 0.1) is 24.8 Å². The quantitative estimate of drug-likeness (QED) is 0.840. The fraction of sp³-hybridized carbons (Fsp3) is 0.417. The van der Waals surface area contributed by atoms with E-state index in [2.05, 4.69) is 20.8 Å². The van der Waals surface area contributed by atoms with E-state index in [0.717, 1.165) is 13.1 Å². The highest BCUT2D eigenvalue weighted by Gasteiger charge is 2.16. The fourth-order valence-corrected chi connectivity index (χ4v) is 2.28. The van der Waals surface area contributed by atoms with Gasteiger partial charge in [-0.25, -0.2) is 4.39 Å². The van der Waals surface area contributed by atoms with E-state index < -0.39 is 0 Å². The first-order chi connectivity index (χ1) is 8.20. The Kier molecular flexibility index (Phi) is 4.11. The molecule has 0 amide bonds. The van der Waals surface area contributed by atoms with E-state index in [-0.39, 0.29) is 5.82 Å². The molecule has 0 aromatic heterocycles. The van der Waals surface area contributed by atoms with E-state index in [9.17, 15) is 4.39 Å². The van der Waals surface area contributed by atoms with Crippen LogP contribution in [-0.4, -0.2) is 31.2 Å². The zero-order chi connectivity index (χ0) is 12.3. The van der Waals surface area contributed by atoms with Crippen LogP contribution < -0.4 is 0 Å². The Morgan fingerprint density at radius 3 is 2.76 bits per heavy atom. The van der Waals surface area contributed by atoms with Gasteiger partial charge in [-0.2, -0.15) is 5.26 Å². The lowest BCUT2D eigenvalue weighted by atomic mass is 10.1. The molecule has 1 aliphatic rings. The molecule has 1 aliphatic heterocycles. The normalized spacial score (nSPS) is 16.8. The molecule has 0 N–H and O–H groups in total. The van der Waals surface area contributed by atoms with Gasteiger partial charge in [-0.05, 0) is 12.1 Å². The van der Waals surface area contributed by atoms with Crippen molar-refractivity contribution in [3.63, 3.8) is 0 Å². The molecular weight excluding hydrogens is 287 g/mol. The van der Waals surface area contributed by atoms with Crippen molar-refractivity contribution in [2.75, 3.05) is 26.3 Å². The largest absolute Gasteiger partial charge is 0.379 e. The topological polar surface area (TPSA) is 36.3 Å². The number of halogens is 2. The van der Waals surface area contributed by atoms with Crippen LogP contribution in [0.1, 0.15) is 11.1 Å². The molecule has 1 fully saturated rings. The molecule has 17 heavy (non-hydrogen) atoms. The van der Waals surface area contributed by atoms with Crippen molar-refractivity contribution in [1.29, 1.82) is 5.26 Å². The summed E-state index contributed by atoms with van der Waals surface area (Å²) in [6.07, 6.45) is 0. The summed E-state index contributed by atoms with van der Waals surface area (Å²) < 4.78 is 19.6. The summed E-state index contributed by atoms with van der Waals surface area (Å²) in [5.41, 5.74) is 0.862. The number of morpholine rings is 1. The molecule has 5 heteroatoms. The minimum Gasteiger partial charge on any atom is -0.379 e. The van der Waals surface area contributed by atoms with Gasteiger partial charge in [0.1, 0.15) is 5.82 Å².